The number of para-hydroxylation sites is 1. The summed E-state index contributed by atoms with van der Waals surface area (Å²) in [7, 11) is 1.58. The van der Waals surface area contributed by atoms with Crippen LogP contribution in [0.1, 0.15) is 11.1 Å². The number of carbonyl (C=O) groups is 1. The van der Waals surface area contributed by atoms with Gasteiger partial charge in [-0.05, 0) is 23.8 Å². The number of ether oxygens (including phenoxy) is 2. The molecule has 0 spiro atoms. The largest absolute Gasteiger partial charge is 0.496 e. The van der Waals surface area contributed by atoms with E-state index in [1.165, 1.54) is 0 Å². The number of benzene rings is 2. The molecule has 0 radical (unpaired) electrons. The fourth-order valence-electron chi connectivity index (χ4n) is 2.16. The monoisotopic (exact) mass is 305 g/mol. The fraction of sp³-hybridized carbons (Fsp3) is 0.0526. The van der Waals surface area contributed by atoms with Crippen molar-refractivity contribution in [1.82, 2.24) is 0 Å². The Morgan fingerprint density at radius 3 is 2.52 bits per heavy atom. The first-order valence-corrected chi connectivity index (χ1v) is 7.15. The number of aliphatic imine (C=N–C) groups is 1. The van der Waals surface area contributed by atoms with Crippen molar-refractivity contribution in [2.24, 2.45) is 4.99 Å². The zero-order valence-corrected chi connectivity index (χ0v) is 12.6. The van der Waals surface area contributed by atoms with Crippen molar-refractivity contribution in [1.29, 1.82) is 0 Å². The Morgan fingerprint density at radius 1 is 1.00 bits per heavy atom. The van der Waals surface area contributed by atoms with Gasteiger partial charge in [-0.3, -0.25) is 0 Å². The van der Waals surface area contributed by atoms with Crippen molar-refractivity contribution in [3.8, 4) is 5.75 Å². The molecule has 0 aromatic heterocycles. The minimum absolute atomic E-state index is 0.252. The Kier molecular flexibility index (Phi) is 4.34. The Labute approximate surface area is 134 Å². The molecule has 23 heavy (non-hydrogen) atoms. The van der Waals surface area contributed by atoms with Crippen LogP contribution in [-0.4, -0.2) is 19.0 Å². The van der Waals surface area contributed by atoms with E-state index in [0.717, 1.165) is 11.1 Å². The van der Waals surface area contributed by atoms with Gasteiger partial charge < -0.3 is 9.47 Å². The van der Waals surface area contributed by atoms with Gasteiger partial charge in [-0.15, -0.1) is 0 Å². The van der Waals surface area contributed by atoms with Crippen LogP contribution in [0.25, 0.3) is 12.2 Å². The van der Waals surface area contributed by atoms with E-state index < -0.39 is 5.97 Å². The highest BCUT2D eigenvalue weighted by atomic mass is 16.6. The second kappa shape index (κ2) is 6.75. The molecular formula is C19H15NO3. The number of rotatable bonds is 4. The molecule has 1 aliphatic heterocycles. The normalized spacial score (nSPS) is 15.8. The summed E-state index contributed by atoms with van der Waals surface area (Å²) < 4.78 is 10.4. The van der Waals surface area contributed by atoms with Crippen LogP contribution in [0.3, 0.4) is 0 Å². The highest BCUT2D eigenvalue weighted by Crippen LogP contribution is 2.23. The molecule has 0 atom stereocenters. The van der Waals surface area contributed by atoms with Crippen LogP contribution < -0.4 is 4.74 Å². The lowest BCUT2D eigenvalue weighted by Crippen LogP contribution is -2.01. The first kappa shape index (κ1) is 14.8. The zero-order chi connectivity index (χ0) is 16.1. The van der Waals surface area contributed by atoms with E-state index in [9.17, 15) is 4.79 Å². The van der Waals surface area contributed by atoms with Crippen LogP contribution in [0.5, 0.6) is 5.75 Å². The molecule has 1 heterocycles. The highest BCUT2D eigenvalue weighted by Gasteiger charge is 2.21. The number of nitrogens with zero attached hydrogens (tertiary/aromatic N) is 1. The van der Waals surface area contributed by atoms with Crippen LogP contribution >= 0.6 is 0 Å². The van der Waals surface area contributed by atoms with Crippen LogP contribution in [0.15, 0.2) is 71.4 Å². The van der Waals surface area contributed by atoms with Crippen molar-refractivity contribution in [2.45, 2.75) is 0 Å². The maximum absolute atomic E-state index is 11.9. The lowest BCUT2D eigenvalue weighted by molar-refractivity contribution is -0.129. The minimum atomic E-state index is -0.469. The van der Waals surface area contributed by atoms with Gasteiger partial charge in [0.2, 0.25) is 5.90 Å². The molecule has 0 bridgehead atoms. The molecule has 114 valence electrons. The minimum Gasteiger partial charge on any atom is -0.496 e. The topological polar surface area (TPSA) is 47.9 Å². The average molecular weight is 305 g/mol. The van der Waals surface area contributed by atoms with Crippen molar-refractivity contribution >= 4 is 24.0 Å². The summed E-state index contributed by atoms with van der Waals surface area (Å²) in [5.41, 5.74) is 2.04. The van der Waals surface area contributed by atoms with E-state index in [0.29, 0.717) is 5.75 Å². The molecule has 4 nitrogen and oxygen atoms in total. The van der Waals surface area contributed by atoms with Gasteiger partial charge in [0, 0.05) is 11.6 Å². The predicted octanol–water partition coefficient (Wildman–Crippen LogP) is 3.70. The molecule has 0 fully saturated rings. The molecule has 1 aliphatic rings. The summed E-state index contributed by atoms with van der Waals surface area (Å²) in [5, 5.41) is 0. The Morgan fingerprint density at radius 2 is 1.74 bits per heavy atom. The van der Waals surface area contributed by atoms with E-state index >= 15 is 0 Å². The standard InChI is InChI=1S/C19H15NO3/c1-22-17-10-6-5-9-15(17)13-16-19(21)23-18(20-16)12-11-14-7-3-2-4-8-14/h2-13H,1H3. The van der Waals surface area contributed by atoms with E-state index in [2.05, 4.69) is 4.99 Å². The Bertz CT molecular complexity index is 804. The molecular weight excluding hydrogens is 290 g/mol. The lowest BCUT2D eigenvalue weighted by Gasteiger charge is -2.03. The van der Waals surface area contributed by atoms with Gasteiger partial charge in [0.1, 0.15) is 5.75 Å². The molecule has 4 heteroatoms. The molecule has 0 saturated heterocycles. The van der Waals surface area contributed by atoms with Gasteiger partial charge in [0.15, 0.2) is 5.70 Å². The molecule has 0 amide bonds. The third-order valence-electron chi connectivity index (χ3n) is 3.29. The molecule has 3 rings (SSSR count). The Balaban J connectivity index is 1.84. The van der Waals surface area contributed by atoms with Crippen molar-refractivity contribution in [3.05, 3.63) is 77.5 Å². The summed E-state index contributed by atoms with van der Waals surface area (Å²) in [5.74, 6) is 0.486. The zero-order valence-electron chi connectivity index (χ0n) is 12.6. The molecule has 2 aromatic carbocycles. The third kappa shape index (κ3) is 3.55. The maximum atomic E-state index is 11.9. The number of methoxy groups -OCH3 is 1. The van der Waals surface area contributed by atoms with Gasteiger partial charge in [-0.1, -0.05) is 48.5 Å². The first-order valence-electron chi connectivity index (χ1n) is 7.15. The predicted molar refractivity (Wildman–Crippen MR) is 90.0 cm³/mol. The molecule has 0 N–H and O–H groups in total. The van der Waals surface area contributed by atoms with Crippen molar-refractivity contribution in [2.75, 3.05) is 7.11 Å². The number of cyclic esters (lactones) is 1. The first-order chi connectivity index (χ1) is 11.3. The summed E-state index contributed by atoms with van der Waals surface area (Å²) >= 11 is 0. The van der Waals surface area contributed by atoms with E-state index in [1.807, 2.05) is 60.7 Å². The average Bonchev–Trinajstić information content (AvgIpc) is 2.94. The SMILES string of the molecule is COc1ccccc1C=C1N=C(C=Cc2ccccc2)OC1=O. The third-order valence-corrected chi connectivity index (χ3v) is 3.29. The summed E-state index contributed by atoms with van der Waals surface area (Å²) in [6, 6.07) is 17.2. The molecule has 0 saturated carbocycles. The van der Waals surface area contributed by atoms with E-state index in [-0.39, 0.29) is 11.6 Å². The lowest BCUT2D eigenvalue weighted by atomic mass is 10.1. The number of esters is 1. The van der Waals surface area contributed by atoms with Gasteiger partial charge in [0.05, 0.1) is 7.11 Å². The van der Waals surface area contributed by atoms with Crippen LogP contribution in [0, 0.1) is 0 Å². The number of hydrogen-bond donors (Lipinski definition) is 0. The highest BCUT2D eigenvalue weighted by molar-refractivity contribution is 6.11. The summed E-state index contributed by atoms with van der Waals surface area (Å²) in [4.78, 5) is 16.1. The fourth-order valence-corrected chi connectivity index (χ4v) is 2.16. The molecule has 0 unspecified atom stereocenters. The molecule has 2 aromatic rings. The smallest absolute Gasteiger partial charge is 0.363 e. The van der Waals surface area contributed by atoms with E-state index in [1.54, 1.807) is 19.3 Å². The van der Waals surface area contributed by atoms with Gasteiger partial charge >= 0.3 is 5.97 Å². The second-order valence-corrected chi connectivity index (χ2v) is 4.86. The maximum Gasteiger partial charge on any atom is 0.363 e. The van der Waals surface area contributed by atoms with Crippen LogP contribution in [0.4, 0.5) is 0 Å². The summed E-state index contributed by atoms with van der Waals surface area (Å²) in [6.45, 7) is 0. The van der Waals surface area contributed by atoms with Crippen LogP contribution in [-0.2, 0) is 9.53 Å². The van der Waals surface area contributed by atoms with Crippen molar-refractivity contribution < 1.29 is 14.3 Å². The Hall–Kier alpha value is -3.14. The number of hydrogen-bond acceptors (Lipinski definition) is 4. The van der Waals surface area contributed by atoms with Gasteiger partial charge in [-0.2, -0.15) is 0 Å². The van der Waals surface area contributed by atoms with Gasteiger partial charge in [-0.25, -0.2) is 9.79 Å². The van der Waals surface area contributed by atoms with E-state index in [4.69, 9.17) is 9.47 Å². The quantitative estimate of drug-likeness (QED) is 0.639. The molecule has 0 aliphatic carbocycles. The summed E-state index contributed by atoms with van der Waals surface area (Å²) in [6.07, 6.45) is 5.18. The van der Waals surface area contributed by atoms with Gasteiger partial charge in [0.25, 0.3) is 0 Å². The van der Waals surface area contributed by atoms with Crippen LogP contribution in [0.2, 0.25) is 0 Å². The second-order valence-electron chi connectivity index (χ2n) is 4.86. The van der Waals surface area contributed by atoms with Crippen molar-refractivity contribution in [3.63, 3.8) is 0 Å². The number of carbonyl (C=O) groups excluding carboxylic acids is 1.